The molecule has 7 heteroatoms. The molecule has 2 fully saturated rings. The van der Waals surface area contributed by atoms with Crippen molar-refractivity contribution in [3.63, 3.8) is 0 Å². The van der Waals surface area contributed by atoms with E-state index in [1.165, 1.54) is 0 Å². The lowest BCUT2D eigenvalue weighted by Gasteiger charge is -2.58. The number of carbonyl (C=O) groups excluding carboxylic acids is 1. The molecule has 1 saturated carbocycles. The highest BCUT2D eigenvalue weighted by atomic mass is 32.2. The fraction of sp³-hybridized carbons (Fsp3) is 0.500. The van der Waals surface area contributed by atoms with Gasteiger partial charge in [-0.3, -0.25) is 4.79 Å². The first-order valence-electron chi connectivity index (χ1n) is 8.88. The van der Waals surface area contributed by atoms with Crippen LogP contribution in [-0.4, -0.2) is 43.9 Å². The van der Waals surface area contributed by atoms with Gasteiger partial charge in [0.1, 0.15) is 0 Å². The van der Waals surface area contributed by atoms with Gasteiger partial charge in [0.25, 0.3) is 0 Å². The molecular formula is C18H17N3O3S. The molecule has 1 aliphatic carbocycles. The second-order valence-corrected chi connectivity index (χ2v) is 9.56. The van der Waals surface area contributed by atoms with E-state index < -0.39 is 5.72 Å². The predicted octanol–water partition coefficient (Wildman–Crippen LogP) is 1.80. The molecule has 1 spiro atoms. The van der Waals surface area contributed by atoms with Gasteiger partial charge in [-0.2, -0.15) is 0 Å². The van der Waals surface area contributed by atoms with Crippen LogP contribution in [0.3, 0.4) is 0 Å². The van der Waals surface area contributed by atoms with Gasteiger partial charge in [-0.1, -0.05) is 0 Å². The Labute approximate surface area is 147 Å². The summed E-state index contributed by atoms with van der Waals surface area (Å²) in [6.07, 6.45) is 4.51. The average molecular weight is 355 g/mol. The second kappa shape index (κ2) is 3.64. The molecular weight excluding hydrogens is 338 g/mol. The van der Waals surface area contributed by atoms with Crippen molar-refractivity contribution in [2.24, 2.45) is 0 Å². The molecule has 7 rings (SSSR count). The molecule has 6 nitrogen and oxygen atoms in total. The van der Waals surface area contributed by atoms with Crippen LogP contribution in [0.25, 0.3) is 10.9 Å². The van der Waals surface area contributed by atoms with Gasteiger partial charge in [0.15, 0.2) is 17.3 Å². The molecule has 0 radical (unpaired) electrons. The molecule has 4 N–H and O–H groups in total. The number of benzene rings is 1. The number of carbonyl (C=O) groups is 1. The molecule has 1 unspecified atom stereocenters. The fourth-order valence-electron chi connectivity index (χ4n) is 6.20. The number of aliphatic hydroxyl groups is 1. The van der Waals surface area contributed by atoms with Crippen LogP contribution in [0.1, 0.15) is 30.4 Å². The number of aromatic hydroxyl groups is 1. The smallest absolute Gasteiger partial charge is 0.199 e. The van der Waals surface area contributed by atoms with Crippen LogP contribution in [0.2, 0.25) is 0 Å². The lowest BCUT2D eigenvalue weighted by atomic mass is 9.58. The average Bonchev–Trinajstić information content (AvgIpc) is 3.12. The third-order valence-corrected chi connectivity index (χ3v) is 8.72. The van der Waals surface area contributed by atoms with Crippen LogP contribution >= 0.6 is 11.8 Å². The number of nitrogens with one attached hydrogen (secondary N) is 2. The molecule has 128 valence electrons. The Kier molecular flexibility index (Phi) is 1.94. The van der Waals surface area contributed by atoms with Crippen LogP contribution in [-0.2, 0) is 16.6 Å². The summed E-state index contributed by atoms with van der Waals surface area (Å²) in [5.41, 5.74) is 3.19. The Balaban J connectivity index is 1.73. The van der Waals surface area contributed by atoms with Crippen molar-refractivity contribution in [1.29, 1.82) is 0 Å². The highest BCUT2D eigenvalue weighted by molar-refractivity contribution is 8.01. The molecule has 25 heavy (non-hydrogen) atoms. The molecule has 1 aromatic heterocycles. The molecule has 2 aromatic rings. The van der Waals surface area contributed by atoms with E-state index in [0.29, 0.717) is 19.4 Å². The van der Waals surface area contributed by atoms with Crippen molar-refractivity contribution < 1.29 is 15.0 Å². The van der Waals surface area contributed by atoms with Crippen LogP contribution in [0, 0.1) is 0 Å². The summed E-state index contributed by atoms with van der Waals surface area (Å²) < 4.78 is 0. The quantitative estimate of drug-likeness (QED) is 0.539. The second-order valence-electron chi connectivity index (χ2n) is 8.15. The first-order valence-corrected chi connectivity index (χ1v) is 9.82. The zero-order valence-corrected chi connectivity index (χ0v) is 14.2. The monoisotopic (exact) mass is 355 g/mol. The third kappa shape index (κ3) is 1.18. The first kappa shape index (κ1) is 13.4. The summed E-state index contributed by atoms with van der Waals surface area (Å²) in [6.45, 7) is 0.636. The van der Waals surface area contributed by atoms with E-state index in [4.69, 9.17) is 0 Å². The van der Waals surface area contributed by atoms with Crippen LogP contribution < -0.4 is 10.2 Å². The minimum Gasteiger partial charge on any atom is -0.504 e. The largest absolute Gasteiger partial charge is 0.504 e. The van der Waals surface area contributed by atoms with E-state index in [2.05, 4.69) is 10.3 Å². The SMILES string of the molecule is O=C1CC2S[C@H]3C[C@@]24C[C@]1(O)N1CCc2c[nH]c5c(O)c(c4c1c25)N3. The van der Waals surface area contributed by atoms with Gasteiger partial charge in [0.05, 0.1) is 22.3 Å². The van der Waals surface area contributed by atoms with Gasteiger partial charge in [-0.25, -0.2) is 0 Å². The Bertz CT molecular complexity index is 1030. The highest BCUT2D eigenvalue weighted by Gasteiger charge is 2.68. The van der Waals surface area contributed by atoms with Crippen molar-refractivity contribution in [2.75, 3.05) is 16.8 Å². The number of phenols is 1. The minimum atomic E-state index is -1.40. The number of phenolic OH excluding ortho intramolecular Hbond substituents is 1. The summed E-state index contributed by atoms with van der Waals surface area (Å²) in [7, 11) is 0. The lowest BCUT2D eigenvalue weighted by molar-refractivity contribution is -0.145. The zero-order chi connectivity index (χ0) is 16.7. The van der Waals surface area contributed by atoms with Crippen molar-refractivity contribution in [1.82, 2.24) is 4.98 Å². The number of aromatic nitrogens is 1. The van der Waals surface area contributed by atoms with E-state index in [1.807, 2.05) is 11.1 Å². The lowest BCUT2D eigenvalue weighted by Crippen LogP contribution is -2.68. The summed E-state index contributed by atoms with van der Waals surface area (Å²) in [5.74, 6) is 0.241. The Morgan fingerprint density at radius 2 is 2.28 bits per heavy atom. The number of fused-ring (bicyclic) bond motifs is 3. The number of hydrogen-bond donors (Lipinski definition) is 4. The number of ketones is 1. The molecule has 3 bridgehead atoms. The number of nitrogens with zero attached hydrogens (tertiary/aromatic N) is 1. The topological polar surface area (TPSA) is 88.6 Å². The maximum absolute atomic E-state index is 12.9. The summed E-state index contributed by atoms with van der Waals surface area (Å²) >= 11 is 1.80. The van der Waals surface area contributed by atoms with Crippen molar-refractivity contribution in [3.05, 3.63) is 17.3 Å². The highest BCUT2D eigenvalue weighted by Crippen LogP contribution is 2.69. The minimum absolute atomic E-state index is 0.0458. The van der Waals surface area contributed by atoms with Gasteiger partial charge in [0, 0.05) is 47.2 Å². The normalized spacial score (nSPS) is 39.2. The van der Waals surface area contributed by atoms with Gasteiger partial charge in [-0.05, 0) is 18.4 Å². The van der Waals surface area contributed by atoms with E-state index in [9.17, 15) is 15.0 Å². The number of rotatable bonds is 0. The maximum Gasteiger partial charge on any atom is 0.199 e. The van der Waals surface area contributed by atoms with E-state index in [0.717, 1.165) is 46.2 Å². The third-order valence-electron chi connectivity index (χ3n) is 7.16. The van der Waals surface area contributed by atoms with Crippen molar-refractivity contribution in [2.45, 2.75) is 47.4 Å². The van der Waals surface area contributed by atoms with Gasteiger partial charge in [-0.15, -0.1) is 11.8 Å². The Hall–Kier alpha value is -1.86. The number of H-pyrrole nitrogens is 1. The summed E-state index contributed by atoms with van der Waals surface area (Å²) in [5, 5.41) is 27.3. The van der Waals surface area contributed by atoms with Crippen LogP contribution in [0.15, 0.2) is 6.20 Å². The first-order chi connectivity index (χ1) is 12.0. The maximum atomic E-state index is 12.9. The van der Waals surface area contributed by atoms with E-state index in [-0.39, 0.29) is 27.6 Å². The Morgan fingerprint density at radius 1 is 1.40 bits per heavy atom. The standard InChI is InChI=1S/C18H17N3O3S/c22-8-3-9-17-4-10(25-9)20-14-12(17)15-11-7(5-19-13(11)16(14)23)1-2-21(15)18(8,24)6-17/h5,9-10,19-20,23-24H,1-4,6H2/t9?,10-,17+,18+/m0/s1. The molecule has 0 amide bonds. The fourth-order valence-corrected chi connectivity index (χ4v) is 7.98. The van der Waals surface area contributed by atoms with E-state index >= 15 is 0 Å². The van der Waals surface area contributed by atoms with Crippen molar-refractivity contribution >= 4 is 39.8 Å². The predicted molar refractivity (Wildman–Crippen MR) is 95.3 cm³/mol. The van der Waals surface area contributed by atoms with Gasteiger partial charge in [0.2, 0.25) is 0 Å². The number of aromatic amines is 1. The summed E-state index contributed by atoms with van der Waals surface area (Å²) in [4.78, 5) is 18.1. The molecule has 5 aliphatic rings. The van der Waals surface area contributed by atoms with Crippen LogP contribution in [0.5, 0.6) is 5.75 Å². The van der Waals surface area contributed by atoms with Gasteiger partial charge >= 0.3 is 0 Å². The number of Topliss-reactive ketones (excluding diaryl/α,β-unsaturated/α-hetero) is 1. The summed E-state index contributed by atoms with van der Waals surface area (Å²) in [6, 6.07) is 0. The van der Waals surface area contributed by atoms with E-state index in [1.54, 1.807) is 11.8 Å². The molecule has 1 aromatic carbocycles. The zero-order valence-electron chi connectivity index (χ0n) is 13.4. The number of hydrogen-bond acceptors (Lipinski definition) is 6. The molecule has 5 heterocycles. The number of anilines is 2. The van der Waals surface area contributed by atoms with Crippen molar-refractivity contribution in [3.8, 4) is 5.75 Å². The van der Waals surface area contributed by atoms with Gasteiger partial charge < -0.3 is 25.4 Å². The van der Waals surface area contributed by atoms with Crippen LogP contribution in [0.4, 0.5) is 11.4 Å². The molecule has 1 saturated heterocycles. The number of thioether (sulfide) groups is 1. The molecule has 4 atom stereocenters. The molecule has 4 aliphatic heterocycles. The Morgan fingerprint density at radius 3 is 3.16 bits per heavy atom.